The van der Waals surface area contributed by atoms with E-state index in [1.54, 1.807) is 39.8 Å². The van der Waals surface area contributed by atoms with Crippen LogP contribution in [0.2, 0.25) is 5.02 Å². The van der Waals surface area contributed by atoms with Gasteiger partial charge in [0, 0.05) is 42.7 Å². The van der Waals surface area contributed by atoms with E-state index in [1.807, 2.05) is 52.0 Å². The summed E-state index contributed by atoms with van der Waals surface area (Å²) in [7, 11) is 0. The molecule has 1 atom stereocenters. The summed E-state index contributed by atoms with van der Waals surface area (Å²) >= 11 is 6.80. The number of rotatable bonds is 4. The van der Waals surface area contributed by atoms with Gasteiger partial charge in [-0.2, -0.15) is 0 Å². The van der Waals surface area contributed by atoms with E-state index in [2.05, 4.69) is 18.7 Å². The van der Waals surface area contributed by atoms with Crippen LogP contribution in [-0.2, 0) is 4.74 Å². The molecule has 0 bridgehead atoms. The largest absolute Gasteiger partial charge is 0.444 e. The molecule has 2 aromatic carbocycles. The van der Waals surface area contributed by atoms with Gasteiger partial charge in [-0.15, -0.1) is 0 Å². The molecule has 0 aliphatic carbocycles. The van der Waals surface area contributed by atoms with Crippen molar-refractivity contribution in [1.29, 1.82) is 0 Å². The van der Waals surface area contributed by atoms with Gasteiger partial charge in [0.25, 0.3) is 5.56 Å². The van der Waals surface area contributed by atoms with Gasteiger partial charge in [-0.25, -0.2) is 14.2 Å². The van der Waals surface area contributed by atoms with Gasteiger partial charge in [-0.1, -0.05) is 55.8 Å². The Bertz CT molecular complexity index is 1710. The standard InChI is InChI=1S/C33H36ClFN4O3/c1-20(2)22-11-8-10-14-27(22)39-29(40)18-28(38-16-15-37(19-21(38)3)32(41)42-33(4,5)6)24-17-25(34)30(36-31(24)39)23-12-7-9-13-26(23)35/h7-14,17-18,20-21H,15-16,19H2,1-6H3. The van der Waals surface area contributed by atoms with Crippen LogP contribution in [0, 0.1) is 5.82 Å². The molecule has 9 heteroatoms. The molecule has 42 heavy (non-hydrogen) atoms. The summed E-state index contributed by atoms with van der Waals surface area (Å²) < 4.78 is 22.1. The van der Waals surface area contributed by atoms with Crippen molar-refractivity contribution in [3.63, 3.8) is 0 Å². The minimum atomic E-state index is -0.594. The fraction of sp³-hybridized carbons (Fsp3) is 0.364. The molecule has 1 aliphatic rings. The molecule has 3 heterocycles. The molecule has 1 amide bonds. The summed E-state index contributed by atoms with van der Waals surface area (Å²) in [6, 6.07) is 17.3. The molecular weight excluding hydrogens is 555 g/mol. The second kappa shape index (κ2) is 11.4. The number of piperazine rings is 1. The minimum Gasteiger partial charge on any atom is -0.444 e. The number of fused-ring (bicyclic) bond motifs is 1. The van der Waals surface area contributed by atoms with Crippen LogP contribution in [0.25, 0.3) is 28.0 Å². The van der Waals surface area contributed by atoms with E-state index in [4.69, 9.17) is 21.3 Å². The topological polar surface area (TPSA) is 67.7 Å². The zero-order valence-corrected chi connectivity index (χ0v) is 25.6. The number of pyridine rings is 2. The van der Waals surface area contributed by atoms with E-state index < -0.39 is 11.4 Å². The fourth-order valence-electron chi connectivity index (χ4n) is 5.50. The van der Waals surface area contributed by atoms with Crippen molar-refractivity contribution in [1.82, 2.24) is 14.5 Å². The van der Waals surface area contributed by atoms with Crippen molar-refractivity contribution in [3.05, 3.63) is 87.4 Å². The third-order valence-electron chi connectivity index (χ3n) is 7.44. The molecule has 0 N–H and O–H groups in total. The van der Waals surface area contributed by atoms with E-state index >= 15 is 0 Å². The lowest BCUT2D eigenvalue weighted by molar-refractivity contribution is 0.0219. The highest BCUT2D eigenvalue weighted by atomic mass is 35.5. The number of anilines is 1. The Morgan fingerprint density at radius 3 is 2.40 bits per heavy atom. The van der Waals surface area contributed by atoms with Crippen LogP contribution in [0.5, 0.6) is 0 Å². The number of amides is 1. The van der Waals surface area contributed by atoms with Gasteiger partial charge < -0.3 is 14.5 Å². The number of para-hydroxylation sites is 1. The van der Waals surface area contributed by atoms with Crippen LogP contribution < -0.4 is 10.5 Å². The molecule has 1 unspecified atom stereocenters. The molecule has 1 saturated heterocycles. The first-order valence-corrected chi connectivity index (χ1v) is 14.6. The van der Waals surface area contributed by atoms with Crippen LogP contribution in [0.1, 0.15) is 53.0 Å². The molecule has 0 radical (unpaired) electrons. The third-order valence-corrected chi connectivity index (χ3v) is 7.73. The maximum Gasteiger partial charge on any atom is 0.410 e. The van der Waals surface area contributed by atoms with Crippen molar-refractivity contribution in [2.75, 3.05) is 24.5 Å². The molecule has 220 valence electrons. The average molecular weight is 591 g/mol. The van der Waals surface area contributed by atoms with Crippen molar-refractivity contribution < 1.29 is 13.9 Å². The molecule has 2 aromatic heterocycles. The Kier molecular flexibility index (Phi) is 8.03. The number of carbonyl (C=O) groups excluding carboxylic acids is 1. The number of hydrogen-bond acceptors (Lipinski definition) is 5. The van der Waals surface area contributed by atoms with Crippen LogP contribution in [0.3, 0.4) is 0 Å². The highest BCUT2D eigenvalue weighted by molar-refractivity contribution is 6.34. The third kappa shape index (κ3) is 5.73. The van der Waals surface area contributed by atoms with Gasteiger partial charge in [0.1, 0.15) is 17.1 Å². The fourth-order valence-corrected chi connectivity index (χ4v) is 5.75. The number of nitrogens with zero attached hydrogens (tertiary/aromatic N) is 4. The lowest BCUT2D eigenvalue weighted by Crippen LogP contribution is -2.54. The SMILES string of the molecule is CC(C)c1ccccc1-n1c(=O)cc(N2CCN(C(=O)OC(C)(C)C)CC2C)c2cc(Cl)c(-c3ccccc3F)nc21. The highest BCUT2D eigenvalue weighted by Gasteiger charge is 2.32. The first-order valence-electron chi connectivity index (χ1n) is 14.2. The Hall–Kier alpha value is -3.91. The number of hydrogen-bond donors (Lipinski definition) is 0. The summed E-state index contributed by atoms with van der Waals surface area (Å²) in [5.41, 5.74) is 2.41. The number of halogens is 2. The van der Waals surface area contributed by atoms with Crippen molar-refractivity contribution in [2.45, 2.75) is 59.1 Å². The summed E-state index contributed by atoms with van der Waals surface area (Å²) in [5.74, 6) is -0.312. The second-order valence-electron chi connectivity index (χ2n) is 12.1. The average Bonchev–Trinajstić information content (AvgIpc) is 2.92. The Morgan fingerprint density at radius 2 is 1.74 bits per heavy atom. The number of benzene rings is 2. The van der Waals surface area contributed by atoms with Gasteiger partial charge in [0.05, 0.1) is 22.1 Å². The zero-order valence-electron chi connectivity index (χ0n) is 24.8. The summed E-state index contributed by atoms with van der Waals surface area (Å²) in [5, 5.41) is 0.937. The quantitative estimate of drug-likeness (QED) is 0.247. The molecule has 5 rings (SSSR count). The minimum absolute atomic E-state index is 0.127. The van der Waals surface area contributed by atoms with E-state index in [-0.39, 0.29) is 39.9 Å². The van der Waals surface area contributed by atoms with E-state index in [9.17, 15) is 14.0 Å². The molecule has 1 fully saturated rings. The van der Waals surface area contributed by atoms with Gasteiger partial charge >= 0.3 is 6.09 Å². The summed E-state index contributed by atoms with van der Waals surface area (Å²) in [6.07, 6.45) is -0.362. The normalized spacial score (nSPS) is 15.9. The maximum atomic E-state index is 14.9. The first kappa shape index (κ1) is 29.6. The number of carbonyl (C=O) groups is 1. The number of aromatic nitrogens is 2. The molecule has 4 aromatic rings. The van der Waals surface area contributed by atoms with Crippen LogP contribution in [0.15, 0.2) is 65.5 Å². The molecular formula is C33H36ClFN4O3. The van der Waals surface area contributed by atoms with Crippen LogP contribution >= 0.6 is 11.6 Å². The van der Waals surface area contributed by atoms with Crippen molar-refractivity contribution in [3.8, 4) is 16.9 Å². The lowest BCUT2D eigenvalue weighted by atomic mass is 10.0. The molecule has 1 aliphatic heterocycles. The summed E-state index contributed by atoms with van der Waals surface area (Å²) in [4.78, 5) is 35.5. The van der Waals surface area contributed by atoms with Crippen LogP contribution in [0.4, 0.5) is 14.9 Å². The predicted molar refractivity (Wildman–Crippen MR) is 166 cm³/mol. The van der Waals surface area contributed by atoms with Crippen LogP contribution in [-0.4, -0.2) is 51.8 Å². The van der Waals surface area contributed by atoms with Crippen molar-refractivity contribution in [2.24, 2.45) is 0 Å². The Morgan fingerprint density at radius 1 is 1.05 bits per heavy atom. The van der Waals surface area contributed by atoms with Gasteiger partial charge in [0.2, 0.25) is 0 Å². The highest BCUT2D eigenvalue weighted by Crippen LogP contribution is 2.36. The Balaban J connectivity index is 1.69. The van der Waals surface area contributed by atoms with E-state index in [0.29, 0.717) is 42.0 Å². The lowest BCUT2D eigenvalue weighted by Gasteiger charge is -2.41. The Labute approximate surface area is 250 Å². The molecule has 0 saturated carbocycles. The first-order chi connectivity index (χ1) is 19.9. The van der Waals surface area contributed by atoms with Crippen molar-refractivity contribution >= 4 is 34.4 Å². The van der Waals surface area contributed by atoms with E-state index in [1.165, 1.54) is 6.07 Å². The smallest absolute Gasteiger partial charge is 0.410 e. The maximum absolute atomic E-state index is 14.9. The predicted octanol–water partition coefficient (Wildman–Crippen LogP) is 7.41. The molecule has 0 spiro atoms. The van der Waals surface area contributed by atoms with E-state index in [0.717, 1.165) is 5.56 Å². The van der Waals surface area contributed by atoms with Gasteiger partial charge in [-0.3, -0.25) is 9.36 Å². The summed E-state index contributed by atoms with van der Waals surface area (Å²) in [6.45, 7) is 13.0. The molecule has 7 nitrogen and oxygen atoms in total. The van der Waals surface area contributed by atoms with Gasteiger partial charge in [-0.05, 0) is 63.4 Å². The van der Waals surface area contributed by atoms with Gasteiger partial charge in [0.15, 0.2) is 0 Å². The monoisotopic (exact) mass is 590 g/mol. The second-order valence-corrected chi connectivity index (χ2v) is 12.5. The zero-order chi connectivity index (χ0) is 30.3. The number of ether oxygens (including phenoxy) is 1.